The van der Waals surface area contributed by atoms with E-state index < -0.39 is 5.82 Å². The van der Waals surface area contributed by atoms with Crippen molar-refractivity contribution >= 4 is 22.6 Å². The first-order valence-electron chi connectivity index (χ1n) is 10.7. The van der Waals surface area contributed by atoms with E-state index >= 15 is 0 Å². The number of fused-ring (bicyclic) bond motifs is 1. The molecule has 2 heterocycles. The quantitative estimate of drug-likeness (QED) is 0.425. The zero-order valence-electron chi connectivity index (χ0n) is 19.1. The lowest BCUT2D eigenvalue weighted by Gasteiger charge is -2.13. The molecule has 0 aliphatic carbocycles. The number of aromatic nitrogens is 2. The number of rotatable bonds is 8. The zero-order valence-corrected chi connectivity index (χ0v) is 19.1. The van der Waals surface area contributed by atoms with E-state index in [0.717, 1.165) is 5.56 Å². The summed E-state index contributed by atoms with van der Waals surface area (Å²) in [6.07, 6.45) is 5.72. The van der Waals surface area contributed by atoms with Crippen LogP contribution in [0.4, 0.5) is 4.39 Å². The van der Waals surface area contributed by atoms with Crippen molar-refractivity contribution in [3.05, 3.63) is 83.6 Å². The molecule has 4 rings (SSSR count). The molecule has 0 radical (unpaired) electrons. The first-order chi connectivity index (χ1) is 16.4. The smallest absolute Gasteiger partial charge is 0.254 e. The largest absolute Gasteiger partial charge is 0.496 e. The van der Waals surface area contributed by atoms with Crippen LogP contribution in [0.3, 0.4) is 0 Å². The fourth-order valence-electron chi connectivity index (χ4n) is 3.76. The topological polar surface area (TPSA) is 82.5 Å². The number of nitrogens with zero attached hydrogens (tertiary/aromatic N) is 2. The molecule has 4 aromatic rings. The van der Waals surface area contributed by atoms with Crippen LogP contribution in [-0.4, -0.2) is 35.4 Å². The van der Waals surface area contributed by atoms with Crippen LogP contribution in [0.1, 0.15) is 21.5 Å². The lowest BCUT2D eigenvalue weighted by Crippen LogP contribution is -2.18. The van der Waals surface area contributed by atoms with Gasteiger partial charge in [-0.15, -0.1) is 0 Å². The van der Waals surface area contributed by atoms with E-state index in [1.54, 1.807) is 24.3 Å². The Morgan fingerprint density at radius 1 is 1.03 bits per heavy atom. The van der Waals surface area contributed by atoms with Crippen LogP contribution >= 0.6 is 0 Å². The first-order valence-corrected chi connectivity index (χ1v) is 10.7. The third-order valence-electron chi connectivity index (χ3n) is 5.41. The third-order valence-corrected chi connectivity index (χ3v) is 5.41. The number of ketones is 1. The second-order valence-electron chi connectivity index (χ2n) is 7.90. The molecule has 1 amide bonds. The van der Waals surface area contributed by atoms with Crippen LogP contribution in [0.15, 0.2) is 61.1 Å². The summed E-state index contributed by atoms with van der Waals surface area (Å²) in [5.41, 5.74) is 2.33. The van der Waals surface area contributed by atoms with E-state index in [2.05, 4.69) is 10.3 Å². The standard InChI is InChI=1S/C26H24FN3O4/c1-28-26(32)20-13-19-22(14-25(20)33-3)29-8-6-23(19)34-24-5-4-16(12-21(24)27)10-18(31)11-17-7-9-30(2)15-17/h4-9,12-15H,10-11H2,1-3H3,(H,28,32). The molecule has 0 bridgehead atoms. The minimum absolute atomic E-state index is 0.00377. The molecule has 0 saturated carbocycles. The predicted octanol–water partition coefficient (Wildman–Crippen LogP) is 4.23. The van der Waals surface area contributed by atoms with Crippen molar-refractivity contribution in [3.8, 4) is 17.2 Å². The molecule has 0 fully saturated rings. The number of ether oxygens (including phenoxy) is 2. The molecular formula is C26H24FN3O4. The van der Waals surface area contributed by atoms with Gasteiger partial charge in [0.1, 0.15) is 17.3 Å². The van der Waals surface area contributed by atoms with Gasteiger partial charge >= 0.3 is 0 Å². The Morgan fingerprint density at radius 3 is 2.50 bits per heavy atom. The summed E-state index contributed by atoms with van der Waals surface area (Å²) in [4.78, 5) is 28.9. The van der Waals surface area contributed by atoms with Gasteiger partial charge in [-0.2, -0.15) is 0 Å². The van der Waals surface area contributed by atoms with Gasteiger partial charge in [-0.3, -0.25) is 14.6 Å². The van der Waals surface area contributed by atoms with Gasteiger partial charge in [0.2, 0.25) is 0 Å². The Morgan fingerprint density at radius 2 is 1.82 bits per heavy atom. The molecular weight excluding hydrogens is 437 g/mol. The molecule has 0 unspecified atom stereocenters. The maximum atomic E-state index is 14.9. The highest BCUT2D eigenvalue weighted by atomic mass is 19.1. The number of Topliss-reactive ketones (excluding diaryl/α,β-unsaturated/α-hetero) is 1. The average molecular weight is 461 g/mol. The number of benzene rings is 2. The molecule has 1 N–H and O–H groups in total. The molecule has 0 aliphatic heterocycles. The molecule has 34 heavy (non-hydrogen) atoms. The van der Waals surface area contributed by atoms with E-state index in [-0.39, 0.29) is 23.9 Å². The van der Waals surface area contributed by atoms with E-state index in [1.165, 1.54) is 32.5 Å². The number of methoxy groups -OCH3 is 1. The SMILES string of the molecule is CNC(=O)c1cc2c(Oc3ccc(CC(=O)Cc4ccn(C)c4)cc3F)ccnc2cc1OC. The van der Waals surface area contributed by atoms with Gasteiger partial charge in [-0.25, -0.2) is 4.39 Å². The number of nitrogens with one attached hydrogen (secondary N) is 1. The number of halogens is 1. The Balaban J connectivity index is 1.57. The van der Waals surface area contributed by atoms with Gasteiger partial charge in [-0.1, -0.05) is 6.07 Å². The lowest BCUT2D eigenvalue weighted by atomic mass is 10.0. The van der Waals surface area contributed by atoms with Gasteiger partial charge in [0, 0.05) is 57.0 Å². The number of hydrogen-bond donors (Lipinski definition) is 1. The van der Waals surface area contributed by atoms with Crippen molar-refractivity contribution in [2.45, 2.75) is 12.8 Å². The second kappa shape index (κ2) is 9.74. The van der Waals surface area contributed by atoms with Crippen LogP contribution in [0.5, 0.6) is 17.2 Å². The van der Waals surface area contributed by atoms with Crippen molar-refractivity contribution < 1.29 is 23.5 Å². The molecule has 2 aromatic carbocycles. The lowest BCUT2D eigenvalue weighted by molar-refractivity contribution is -0.117. The molecule has 0 atom stereocenters. The van der Waals surface area contributed by atoms with E-state index in [9.17, 15) is 14.0 Å². The highest BCUT2D eigenvalue weighted by Gasteiger charge is 2.17. The van der Waals surface area contributed by atoms with Gasteiger partial charge in [-0.05, 0) is 41.5 Å². The fraction of sp³-hybridized carbons (Fsp3) is 0.192. The highest BCUT2D eigenvalue weighted by molar-refractivity contribution is 6.02. The van der Waals surface area contributed by atoms with Crippen molar-refractivity contribution in [2.24, 2.45) is 7.05 Å². The van der Waals surface area contributed by atoms with Crippen molar-refractivity contribution in [1.29, 1.82) is 0 Å². The second-order valence-corrected chi connectivity index (χ2v) is 7.90. The maximum absolute atomic E-state index is 14.9. The van der Waals surface area contributed by atoms with Gasteiger partial charge in [0.15, 0.2) is 11.6 Å². The van der Waals surface area contributed by atoms with E-state index in [0.29, 0.717) is 39.9 Å². The molecule has 8 heteroatoms. The number of pyridine rings is 1. The number of hydrogen-bond acceptors (Lipinski definition) is 5. The first kappa shape index (κ1) is 23.0. The molecule has 2 aromatic heterocycles. The molecule has 0 aliphatic rings. The Kier molecular flexibility index (Phi) is 6.58. The summed E-state index contributed by atoms with van der Waals surface area (Å²) < 4.78 is 27.9. The Hall–Kier alpha value is -4.20. The van der Waals surface area contributed by atoms with Crippen LogP contribution in [-0.2, 0) is 24.7 Å². The number of aryl methyl sites for hydroxylation is 1. The summed E-state index contributed by atoms with van der Waals surface area (Å²) in [6.45, 7) is 0. The fourth-order valence-corrected chi connectivity index (χ4v) is 3.76. The number of amides is 1. The summed E-state index contributed by atoms with van der Waals surface area (Å²) in [7, 11) is 4.88. The predicted molar refractivity (Wildman–Crippen MR) is 126 cm³/mol. The van der Waals surface area contributed by atoms with Gasteiger partial charge < -0.3 is 19.4 Å². The van der Waals surface area contributed by atoms with Crippen molar-refractivity contribution in [1.82, 2.24) is 14.9 Å². The van der Waals surface area contributed by atoms with Crippen molar-refractivity contribution in [3.63, 3.8) is 0 Å². The zero-order chi connectivity index (χ0) is 24.2. The summed E-state index contributed by atoms with van der Waals surface area (Å²) in [5, 5.41) is 3.10. The summed E-state index contributed by atoms with van der Waals surface area (Å²) in [5.74, 6) is -0.213. The molecule has 174 valence electrons. The summed E-state index contributed by atoms with van der Waals surface area (Å²) >= 11 is 0. The number of carbonyl (C=O) groups excluding carboxylic acids is 2. The molecule has 0 spiro atoms. The van der Waals surface area contributed by atoms with Gasteiger partial charge in [0.25, 0.3) is 5.91 Å². The normalized spacial score (nSPS) is 10.8. The Bertz CT molecular complexity index is 1380. The van der Waals surface area contributed by atoms with Crippen LogP contribution in [0.2, 0.25) is 0 Å². The number of carbonyl (C=O) groups is 2. The van der Waals surface area contributed by atoms with Crippen LogP contribution in [0.25, 0.3) is 10.9 Å². The third kappa shape index (κ3) is 4.91. The minimum Gasteiger partial charge on any atom is -0.496 e. The summed E-state index contributed by atoms with van der Waals surface area (Å²) in [6, 6.07) is 11.2. The van der Waals surface area contributed by atoms with Crippen LogP contribution in [0, 0.1) is 5.82 Å². The molecule has 0 saturated heterocycles. The average Bonchev–Trinajstić information content (AvgIpc) is 3.23. The monoisotopic (exact) mass is 461 g/mol. The highest BCUT2D eigenvalue weighted by Crippen LogP contribution is 2.34. The van der Waals surface area contributed by atoms with Crippen molar-refractivity contribution in [2.75, 3.05) is 14.2 Å². The van der Waals surface area contributed by atoms with Crippen LogP contribution < -0.4 is 14.8 Å². The maximum Gasteiger partial charge on any atom is 0.254 e. The van der Waals surface area contributed by atoms with E-state index in [1.807, 2.05) is 30.1 Å². The Labute approximate surface area is 196 Å². The van der Waals surface area contributed by atoms with Gasteiger partial charge in [0.05, 0.1) is 18.2 Å². The molecule has 7 nitrogen and oxygen atoms in total. The van der Waals surface area contributed by atoms with E-state index in [4.69, 9.17) is 9.47 Å². The minimum atomic E-state index is -0.588.